The van der Waals surface area contributed by atoms with Crippen LogP contribution in [0.2, 0.25) is 0 Å². The number of aliphatic hydroxyl groups is 2. The van der Waals surface area contributed by atoms with Gasteiger partial charge in [0.25, 0.3) is 0 Å². The summed E-state index contributed by atoms with van der Waals surface area (Å²) in [6.07, 6.45) is -2.80. The van der Waals surface area contributed by atoms with E-state index in [1.165, 1.54) is 12.1 Å². The Balaban J connectivity index is 3.08. The van der Waals surface area contributed by atoms with Gasteiger partial charge in [-0.1, -0.05) is 27.1 Å². The summed E-state index contributed by atoms with van der Waals surface area (Å²) in [6.45, 7) is -0.340. The molecule has 0 heterocycles. The van der Waals surface area contributed by atoms with E-state index in [0.29, 0.717) is 4.47 Å². The summed E-state index contributed by atoms with van der Waals surface area (Å²) >= 11 is 3.12. The number of azide groups is 1. The van der Waals surface area contributed by atoms with Gasteiger partial charge in [0.2, 0.25) is 0 Å². The fraction of sp³-hybridized carbons (Fsp3) is 0.300. The van der Waals surface area contributed by atoms with Gasteiger partial charge >= 0.3 is 5.97 Å². The molecule has 1 aromatic rings. The predicted molar refractivity (Wildman–Crippen MR) is 66.1 cm³/mol. The molecule has 96 valence electrons. The zero-order valence-corrected chi connectivity index (χ0v) is 10.6. The molecule has 1 rings (SSSR count). The first-order valence-corrected chi connectivity index (χ1v) is 5.66. The SMILES string of the molecule is [N-]=[N+]=NCC(O)C(O)c1ccc(Br)cc1C(=O)O. The van der Waals surface area contributed by atoms with Crippen molar-refractivity contribution in [3.8, 4) is 0 Å². The lowest BCUT2D eigenvalue weighted by molar-refractivity contribution is 0.0232. The van der Waals surface area contributed by atoms with Gasteiger partial charge in [0.05, 0.1) is 18.2 Å². The Morgan fingerprint density at radius 2 is 2.17 bits per heavy atom. The van der Waals surface area contributed by atoms with E-state index in [1.807, 2.05) is 0 Å². The van der Waals surface area contributed by atoms with Crippen molar-refractivity contribution in [2.75, 3.05) is 6.54 Å². The Kier molecular flexibility index (Phi) is 5.11. The summed E-state index contributed by atoms with van der Waals surface area (Å²) in [7, 11) is 0. The molecule has 0 saturated carbocycles. The van der Waals surface area contributed by atoms with Crippen LogP contribution in [0.25, 0.3) is 10.4 Å². The number of halogens is 1. The van der Waals surface area contributed by atoms with Gasteiger partial charge in [0, 0.05) is 9.38 Å². The van der Waals surface area contributed by atoms with Crippen LogP contribution in [0.1, 0.15) is 22.0 Å². The van der Waals surface area contributed by atoms with E-state index in [1.54, 1.807) is 6.07 Å². The molecule has 0 aliphatic heterocycles. The second-order valence-electron chi connectivity index (χ2n) is 3.46. The second kappa shape index (κ2) is 6.36. The Morgan fingerprint density at radius 3 is 2.72 bits per heavy atom. The van der Waals surface area contributed by atoms with Gasteiger partial charge in [-0.05, 0) is 23.2 Å². The smallest absolute Gasteiger partial charge is 0.336 e. The van der Waals surface area contributed by atoms with Gasteiger partial charge in [-0.15, -0.1) is 0 Å². The molecule has 8 heteroatoms. The lowest BCUT2D eigenvalue weighted by Gasteiger charge is -2.18. The quantitative estimate of drug-likeness (QED) is 0.435. The number of carboxylic acids is 1. The zero-order chi connectivity index (χ0) is 13.7. The number of carbonyl (C=O) groups is 1. The van der Waals surface area contributed by atoms with Crippen LogP contribution in [0, 0.1) is 0 Å². The van der Waals surface area contributed by atoms with Crippen LogP contribution in [-0.4, -0.2) is 33.9 Å². The molecule has 0 saturated heterocycles. The third kappa shape index (κ3) is 3.44. The molecule has 0 aliphatic rings. The van der Waals surface area contributed by atoms with E-state index in [9.17, 15) is 15.0 Å². The van der Waals surface area contributed by atoms with Crippen molar-refractivity contribution in [2.24, 2.45) is 5.11 Å². The van der Waals surface area contributed by atoms with Gasteiger partial charge in [0.15, 0.2) is 0 Å². The maximum atomic E-state index is 11.0. The Bertz CT molecular complexity index is 502. The molecular weight excluding hydrogens is 306 g/mol. The summed E-state index contributed by atoms with van der Waals surface area (Å²) in [5.74, 6) is -1.22. The molecule has 2 unspecified atom stereocenters. The second-order valence-corrected chi connectivity index (χ2v) is 4.38. The van der Waals surface area contributed by atoms with Crippen LogP contribution in [0.4, 0.5) is 0 Å². The molecule has 0 bridgehead atoms. The lowest BCUT2D eigenvalue weighted by atomic mass is 9.99. The van der Waals surface area contributed by atoms with Crippen molar-refractivity contribution in [2.45, 2.75) is 12.2 Å². The first-order chi connectivity index (χ1) is 8.47. The van der Waals surface area contributed by atoms with E-state index in [2.05, 4.69) is 26.0 Å². The van der Waals surface area contributed by atoms with Crippen molar-refractivity contribution >= 4 is 21.9 Å². The highest BCUT2D eigenvalue weighted by Crippen LogP contribution is 2.25. The highest BCUT2D eigenvalue weighted by atomic mass is 79.9. The van der Waals surface area contributed by atoms with Gasteiger partial charge in [0.1, 0.15) is 6.10 Å². The summed E-state index contributed by atoms with van der Waals surface area (Å²) in [5.41, 5.74) is 8.05. The minimum absolute atomic E-state index is 0.0614. The monoisotopic (exact) mass is 315 g/mol. The van der Waals surface area contributed by atoms with E-state index in [-0.39, 0.29) is 17.7 Å². The molecular formula is C10H10BrN3O4. The summed E-state index contributed by atoms with van der Waals surface area (Å²) in [5, 5.41) is 31.5. The van der Waals surface area contributed by atoms with Crippen LogP contribution in [-0.2, 0) is 0 Å². The minimum Gasteiger partial charge on any atom is -0.478 e. The number of carboxylic acid groups (broad SMARTS) is 1. The molecule has 0 amide bonds. The average Bonchev–Trinajstić information content (AvgIpc) is 2.34. The third-order valence-electron chi connectivity index (χ3n) is 2.26. The number of aliphatic hydroxyl groups excluding tert-OH is 2. The van der Waals surface area contributed by atoms with Crippen molar-refractivity contribution in [1.29, 1.82) is 0 Å². The maximum Gasteiger partial charge on any atom is 0.336 e. The standard InChI is InChI=1S/C10H10BrN3O4/c11-5-1-2-6(7(3-5)10(17)18)9(16)8(15)4-13-14-12/h1-3,8-9,15-16H,4H2,(H,17,18). The maximum absolute atomic E-state index is 11.0. The van der Waals surface area contributed by atoms with Crippen LogP contribution >= 0.6 is 15.9 Å². The third-order valence-corrected chi connectivity index (χ3v) is 2.75. The first-order valence-electron chi connectivity index (χ1n) is 4.87. The zero-order valence-electron chi connectivity index (χ0n) is 9.06. The highest BCUT2D eigenvalue weighted by Gasteiger charge is 2.23. The van der Waals surface area contributed by atoms with E-state index < -0.39 is 18.2 Å². The largest absolute Gasteiger partial charge is 0.478 e. The van der Waals surface area contributed by atoms with Gasteiger partial charge in [-0.25, -0.2) is 4.79 Å². The summed E-state index contributed by atoms with van der Waals surface area (Å²) < 4.78 is 0.542. The molecule has 2 atom stereocenters. The number of benzene rings is 1. The molecule has 0 aromatic heterocycles. The molecule has 0 spiro atoms. The van der Waals surface area contributed by atoms with Gasteiger partial charge in [-0.2, -0.15) is 0 Å². The van der Waals surface area contributed by atoms with Crippen LogP contribution in [0.3, 0.4) is 0 Å². The van der Waals surface area contributed by atoms with Crippen LogP contribution in [0.5, 0.6) is 0 Å². The molecule has 3 N–H and O–H groups in total. The van der Waals surface area contributed by atoms with Crippen molar-refractivity contribution in [3.63, 3.8) is 0 Å². The molecule has 18 heavy (non-hydrogen) atoms. The van der Waals surface area contributed by atoms with E-state index >= 15 is 0 Å². The molecule has 0 aliphatic carbocycles. The van der Waals surface area contributed by atoms with Crippen LogP contribution < -0.4 is 0 Å². The summed E-state index contributed by atoms with van der Waals surface area (Å²) in [6, 6.07) is 4.25. The first kappa shape index (κ1) is 14.5. The highest BCUT2D eigenvalue weighted by molar-refractivity contribution is 9.10. The number of hydrogen-bond donors (Lipinski definition) is 3. The normalized spacial score (nSPS) is 13.5. The number of aromatic carboxylic acids is 1. The topological polar surface area (TPSA) is 127 Å². The Hall–Kier alpha value is -1.60. The minimum atomic E-state index is -1.44. The van der Waals surface area contributed by atoms with E-state index in [4.69, 9.17) is 10.6 Å². The van der Waals surface area contributed by atoms with Gasteiger partial charge < -0.3 is 15.3 Å². The molecule has 1 aromatic carbocycles. The Morgan fingerprint density at radius 1 is 1.50 bits per heavy atom. The summed E-state index contributed by atoms with van der Waals surface area (Å²) in [4.78, 5) is 13.5. The fourth-order valence-electron chi connectivity index (χ4n) is 1.40. The van der Waals surface area contributed by atoms with Crippen molar-refractivity contribution < 1.29 is 20.1 Å². The van der Waals surface area contributed by atoms with Crippen molar-refractivity contribution in [1.82, 2.24) is 0 Å². The molecule has 0 fully saturated rings. The molecule has 0 radical (unpaired) electrons. The van der Waals surface area contributed by atoms with E-state index in [0.717, 1.165) is 0 Å². The average molecular weight is 316 g/mol. The fourth-order valence-corrected chi connectivity index (χ4v) is 1.76. The lowest BCUT2D eigenvalue weighted by Crippen LogP contribution is -2.23. The number of hydrogen-bond acceptors (Lipinski definition) is 4. The Labute approximate surface area is 110 Å². The molecule has 7 nitrogen and oxygen atoms in total. The predicted octanol–water partition coefficient (Wildman–Crippen LogP) is 1.85. The van der Waals surface area contributed by atoms with Gasteiger partial charge in [-0.3, -0.25) is 0 Å². The number of nitrogens with zero attached hydrogens (tertiary/aromatic N) is 3. The van der Waals surface area contributed by atoms with Crippen LogP contribution in [0.15, 0.2) is 27.8 Å². The number of rotatable bonds is 5. The van der Waals surface area contributed by atoms with Crippen molar-refractivity contribution in [3.05, 3.63) is 44.2 Å².